The van der Waals surface area contributed by atoms with Crippen LogP contribution in [0.4, 0.5) is 10.1 Å². The largest absolute Gasteiger partial charge is 0.291 e. The minimum atomic E-state index is -0.394. The van der Waals surface area contributed by atoms with Gasteiger partial charge in [0.2, 0.25) is 0 Å². The molecule has 0 amide bonds. The van der Waals surface area contributed by atoms with E-state index in [1.807, 2.05) is 5.48 Å². The van der Waals surface area contributed by atoms with Gasteiger partial charge in [-0.15, -0.1) is 0 Å². The van der Waals surface area contributed by atoms with Crippen LogP contribution in [0.3, 0.4) is 0 Å². The fourth-order valence-electron chi connectivity index (χ4n) is 1.24. The van der Waals surface area contributed by atoms with Gasteiger partial charge in [-0.05, 0) is 12.1 Å². The van der Waals surface area contributed by atoms with Gasteiger partial charge in [0.25, 0.3) is 0 Å². The number of rotatable bonds is 1. The van der Waals surface area contributed by atoms with Crippen molar-refractivity contribution in [3.8, 4) is 0 Å². The number of fused-ring (bicyclic) bond motifs is 1. The summed E-state index contributed by atoms with van der Waals surface area (Å²) in [6.45, 7) is 0. The normalized spacial score (nSPS) is 10.3. The van der Waals surface area contributed by atoms with Crippen molar-refractivity contribution in [1.82, 2.24) is 4.98 Å². The number of halogens is 1. The van der Waals surface area contributed by atoms with Crippen molar-refractivity contribution in [3.63, 3.8) is 0 Å². The molecule has 1 heterocycles. The van der Waals surface area contributed by atoms with Gasteiger partial charge in [0.05, 0.1) is 5.69 Å². The molecule has 2 N–H and O–H groups in total. The van der Waals surface area contributed by atoms with Crippen molar-refractivity contribution in [2.75, 3.05) is 5.48 Å². The first-order chi connectivity index (χ1) is 6.33. The lowest BCUT2D eigenvalue weighted by Gasteiger charge is -2.03. The molecule has 0 saturated carbocycles. The van der Waals surface area contributed by atoms with Gasteiger partial charge in [0, 0.05) is 11.6 Å². The number of aromatic nitrogens is 1. The Hall–Kier alpha value is -1.68. The van der Waals surface area contributed by atoms with Gasteiger partial charge in [-0.1, -0.05) is 12.1 Å². The summed E-state index contributed by atoms with van der Waals surface area (Å²) in [4.78, 5) is 3.86. The predicted octanol–water partition coefficient (Wildman–Crippen LogP) is 2.17. The third-order valence-electron chi connectivity index (χ3n) is 1.84. The minimum Gasteiger partial charge on any atom is -0.291 e. The number of para-hydroxylation sites is 1. The molecule has 0 spiro atoms. The van der Waals surface area contributed by atoms with Crippen LogP contribution in [0.2, 0.25) is 0 Å². The van der Waals surface area contributed by atoms with Crippen molar-refractivity contribution >= 4 is 16.6 Å². The summed E-state index contributed by atoms with van der Waals surface area (Å²) >= 11 is 0. The average molecular weight is 178 g/mol. The Kier molecular flexibility index (Phi) is 1.83. The van der Waals surface area contributed by atoms with E-state index in [1.165, 1.54) is 12.3 Å². The molecule has 0 fully saturated rings. The lowest BCUT2D eigenvalue weighted by Crippen LogP contribution is -1.92. The van der Waals surface area contributed by atoms with E-state index in [4.69, 9.17) is 5.21 Å². The smallest absolute Gasteiger partial charge is 0.149 e. The highest BCUT2D eigenvalue weighted by atomic mass is 19.1. The summed E-state index contributed by atoms with van der Waals surface area (Å²) in [5, 5.41) is 9.29. The molecule has 2 aromatic rings. The topological polar surface area (TPSA) is 45.1 Å². The van der Waals surface area contributed by atoms with Crippen LogP contribution < -0.4 is 5.48 Å². The number of nitrogens with zero attached hydrogens (tertiary/aromatic N) is 1. The Bertz CT molecular complexity index is 445. The predicted molar refractivity (Wildman–Crippen MR) is 47.1 cm³/mol. The molecular formula is C9H7FN2O. The van der Waals surface area contributed by atoms with Gasteiger partial charge in [0.1, 0.15) is 11.3 Å². The maximum Gasteiger partial charge on any atom is 0.149 e. The van der Waals surface area contributed by atoms with Crippen LogP contribution in [0, 0.1) is 5.82 Å². The quantitative estimate of drug-likeness (QED) is 0.658. The van der Waals surface area contributed by atoms with Crippen LogP contribution in [-0.2, 0) is 0 Å². The molecule has 0 unspecified atom stereocenters. The molecule has 1 aromatic heterocycles. The zero-order chi connectivity index (χ0) is 9.26. The Labute approximate surface area is 73.8 Å². The van der Waals surface area contributed by atoms with Crippen LogP contribution >= 0.6 is 0 Å². The van der Waals surface area contributed by atoms with E-state index in [2.05, 4.69) is 4.98 Å². The Morgan fingerprint density at radius 1 is 1.31 bits per heavy atom. The first-order valence-corrected chi connectivity index (χ1v) is 3.76. The van der Waals surface area contributed by atoms with E-state index >= 15 is 0 Å². The molecule has 1 aromatic carbocycles. The highest BCUT2D eigenvalue weighted by molar-refractivity contribution is 5.90. The SMILES string of the molecule is ONc1ccnc2c(F)cccc12. The van der Waals surface area contributed by atoms with E-state index in [0.717, 1.165) is 0 Å². The zero-order valence-electron chi connectivity index (χ0n) is 6.66. The maximum absolute atomic E-state index is 13.1. The molecule has 0 bridgehead atoms. The molecule has 0 atom stereocenters. The molecule has 66 valence electrons. The molecule has 0 radical (unpaired) electrons. The van der Waals surface area contributed by atoms with E-state index in [9.17, 15) is 4.39 Å². The van der Waals surface area contributed by atoms with Crippen molar-refractivity contribution in [3.05, 3.63) is 36.3 Å². The van der Waals surface area contributed by atoms with Gasteiger partial charge in [0.15, 0.2) is 0 Å². The summed E-state index contributed by atoms with van der Waals surface area (Å²) in [5.74, 6) is -0.394. The third-order valence-corrected chi connectivity index (χ3v) is 1.84. The number of hydrogen-bond acceptors (Lipinski definition) is 3. The van der Waals surface area contributed by atoms with E-state index in [0.29, 0.717) is 11.1 Å². The fourth-order valence-corrected chi connectivity index (χ4v) is 1.24. The monoisotopic (exact) mass is 178 g/mol. The zero-order valence-corrected chi connectivity index (χ0v) is 6.66. The van der Waals surface area contributed by atoms with Gasteiger partial charge < -0.3 is 0 Å². The standard InChI is InChI=1S/C9H7FN2O/c10-7-3-1-2-6-8(12-13)4-5-11-9(6)7/h1-5,13H,(H,11,12). The molecule has 13 heavy (non-hydrogen) atoms. The average Bonchev–Trinajstić information content (AvgIpc) is 2.18. The first kappa shape index (κ1) is 7.94. The van der Waals surface area contributed by atoms with Gasteiger partial charge >= 0.3 is 0 Å². The maximum atomic E-state index is 13.1. The fraction of sp³-hybridized carbons (Fsp3) is 0. The van der Waals surface area contributed by atoms with E-state index < -0.39 is 5.82 Å². The summed E-state index contributed by atoms with van der Waals surface area (Å²) in [6, 6.07) is 6.16. The van der Waals surface area contributed by atoms with Crippen LogP contribution in [0.15, 0.2) is 30.5 Å². The van der Waals surface area contributed by atoms with Crippen molar-refractivity contribution in [2.24, 2.45) is 0 Å². The molecular weight excluding hydrogens is 171 g/mol. The van der Waals surface area contributed by atoms with Gasteiger partial charge in [-0.3, -0.25) is 15.7 Å². The number of nitrogens with one attached hydrogen (secondary N) is 1. The third kappa shape index (κ3) is 1.21. The second kappa shape index (κ2) is 2.99. The Morgan fingerprint density at radius 3 is 2.92 bits per heavy atom. The number of benzene rings is 1. The molecule has 0 aliphatic heterocycles. The second-order valence-corrected chi connectivity index (χ2v) is 2.61. The highest BCUT2D eigenvalue weighted by Gasteiger charge is 2.03. The highest BCUT2D eigenvalue weighted by Crippen LogP contribution is 2.22. The summed E-state index contributed by atoms with van der Waals surface area (Å²) in [7, 11) is 0. The lowest BCUT2D eigenvalue weighted by molar-refractivity contribution is 0.389. The summed E-state index contributed by atoms with van der Waals surface area (Å²) in [6.07, 6.45) is 1.43. The number of anilines is 1. The molecule has 4 heteroatoms. The van der Waals surface area contributed by atoms with Gasteiger partial charge in [-0.25, -0.2) is 4.39 Å². The minimum absolute atomic E-state index is 0.251. The number of pyridine rings is 1. The van der Waals surface area contributed by atoms with Crippen molar-refractivity contribution in [2.45, 2.75) is 0 Å². The van der Waals surface area contributed by atoms with E-state index in [1.54, 1.807) is 18.2 Å². The van der Waals surface area contributed by atoms with Crippen LogP contribution in [0.25, 0.3) is 10.9 Å². The van der Waals surface area contributed by atoms with E-state index in [-0.39, 0.29) is 5.52 Å². The molecule has 2 rings (SSSR count). The van der Waals surface area contributed by atoms with Gasteiger partial charge in [-0.2, -0.15) is 0 Å². The summed E-state index contributed by atoms with van der Waals surface area (Å²) < 4.78 is 13.1. The Balaban J connectivity index is 2.84. The second-order valence-electron chi connectivity index (χ2n) is 2.61. The molecule has 0 aliphatic carbocycles. The molecule has 0 aliphatic rings. The van der Waals surface area contributed by atoms with Crippen molar-refractivity contribution in [1.29, 1.82) is 0 Å². The van der Waals surface area contributed by atoms with Crippen LogP contribution in [0.1, 0.15) is 0 Å². The molecule has 0 saturated heterocycles. The first-order valence-electron chi connectivity index (χ1n) is 3.76. The van der Waals surface area contributed by atoms with Crippen molar-refractivity contribution < 1.29 is 9.60 Å². The Morgan fingerprint density at radius 2 is 2.15 bits per heavy atom. The molecule has 3 nitrogen and oxygen atoms in total. The van der Waals surface area contributed by atoms with Crippen LogP contribution in [-0.4, -0.2) is 10.2 Å². The number of hydrogen-bond donors (Lipinski definition) is 2. The lowest BCUT2D eigenvalue weighted by atomic mass is 10.2. The summed E-state index contributed by atoms with van der Waals surface area (Å²) in [5.41, 5.74) is 2.69. The van der Waals surface area contributed by atoms with Crippen LogP contribution in [0.5, 0.6) is 0 Å².